The van der Waals surface area contributed by atoms with Gasteiger partial charge in [-0.3, -0.25) is 9.69 Å². The Morgan fingerprint density at radius 2 is 1.85 bits per heavy atom. The van der Waals surface area contributed by atoms with E-state index in [1.54, 1.807) is 6.26 Å². The number of pyridine rings is 1. The molecule has 3 aromatic heterocycles. The summed E-state index contributed by atoms with van der Waals surface area (Å²) in [6.45, 7) is 5.22. The van der Waals surface area contributed by atoms with Crippen LogP contribution in [0.15, 0.2) is 76.1 Å². The molecule has 5 aromatic rings. The molecule has 3 heterocycles. The van der Waals surface area contributed by atoms with Crippen LogP contribution in [0.1, 0.15) is 78.0 Å². The van der Waals surface area contributed by atoms with E-state index in [1.807, 2.05) is 54.1 Å². The van der Waals surface area contributed by atoms with Crippen LogP contribution in [-0.2, 0) is 13.1 Å². The number of aromatic amines is 1. The maximum absolute atomic E-state index is 13.9. The molecular weight excluding hydrogens is 488 g/mol. The number of fused-ring (bicyclic) bond motifs is 1. The average molecular weight is 523 g/mol. The lowest BCUT2D eigenvalue weighted by Gasteiger charge is -2.32. The zero-order valence-corrected chi connectivity index (χ0v) is 22.5. The number of hydrogen-bond donors (Lipinski definition) is 1. The fraction of sp³-hybridized carbons (Fsp3) is 0.355. The van der Waals surface area contributed by atoms with Crippen LogP contribution in [0.2, 0.25) is 0 Å². The lowest BCUT2D eigenvalue weighted by molar-refractivity contribution is 0.173. The van der Waals surface area contributed by atoms with Crippen LogP contribution in [0.4, 0.5) is 0 Å². The number of hydrogen-bond acceptors (Lipinski definition) is 6. The zero-order chi connectivity index (χ0) is 26.8. The van der Waals surface area contributed by atoms with E-state index in [0.29, 0.717) is 24.5 Å². The van der Waals surface area contributed by atoms with Crippen LogP contribution in [0.25, 0.3) is 10.9 Å². The summed E-state index contributed by atoms with van der Waals surface area (Å²) in [5.74, 6) is 1.51. The van der Waals surface area contributed by atoms with E-state index in [-0.39, 0.29) is 11.6 Å². The average Bonchev–Trinajstić information content (AvgIpc) is 3.63. The molecule has 200 valence electrons. The Bertz CT molecular complexity index is 1600. The molecule has 1 aliphatic carbocycles. The number of H-pyrrole nitrogens is 1. The first-order valence-electron chi connectivity index (χ1n) is 13.8. The second-order valence-electron chi connectivity index (χ2n) is 10.7. The molecule has 8 nitrogen and oxygen atoms in total. The maximum Gasteiger partial charge on any atom is 0.253 e. The van der Waals surface area contributed by atoms with Crippen molar-refractivity contribution in [3.63, 3.8) is 0 Å². The molecule has 0 radical (unpaired) electrons. The van der Waals surface area contributed by atoms with E-state index in [4.69, 9.17) is 4.42 Å². The smallest absolute Gasteiger partial charge is 0.253 e. The fourth-order valence-corrected chi connectivity index (χ4v) is 6.02. The first kappa shape index (κ1) is 25.2. The molecule has 0 aliphatic heterocycles. The standard InChI is InChI=1S/C31H34N6O2/c1-21-16-22(2)26-18-27(31(38)32-28(26)17-21)29(30-33-34-35-37(30)24-12-7-4-8-13-24)36(20-25-14-9-15-39-25)19-23-10-5-3-6-11-23/h3,5-6,9-11,14-18,24,29H,4,7-8,12-13,19-20H2,1-2H3,(H,32,38)/t29-/m1/s1. The van der Waals surface area contributed by atoms with Crippen molar-refractivity contribution in [3.8, 4) is 0 Å². The SMILES string of the molecule is Cc1cc(C)c2cc([C@H](c3nnnn3C3CCCCC3)N(Cc3ccccc3)Cc3ccco3)c(=O)[nH]c2c1. The first-order valence-corrected chi connectivity index (χ1v) is 13.8. The summed E-state index contributed by atoms with van der Waals surface area (Å²) in [4.78, 5) is 19.3. The number of rotatable bonds is 8. The summed E-state index contributed by atoms with van der Waals surface area (Å²) >= 11 is 0. The van der Waals surface area contributed by atoms with Crippen molar-refractivity contribution in [2.75, 3.05) is 0 Å². The molecule has 1 N–H and O–H groups in total. The predicted molar refractivity (Wildman–Crippen MR) is 150 cm³/mol. The lowest BCUT2D eigenvalue weighted by atomic mass is 9.94. The lowest BCUT2D eigenvalue weighted by Crippen LogP contribution is -2.35. The molecule has 1 atom stereocenters. The zero-order valence-electron chi connectivity index (χ0n) is 22.5. The molecule has 0 amide bonds. The van der Waals surface area contributed by atoms with Crippen LogP contribution >= 0.6 is 0 Å². The second kappa shape index (κ2) is 11.0. The summed E-state index contributed by atoms with van der Waals surface area (Å²) in [5, 5.41) is 14.3. The van der Waals surface area contributed by atoms with E-state index >= 15 is 0 Å². The van der Waals surface area contributed by atoms with Gasteiger partial charge in [0.2, 0.25) is 0 Å². The van der Waals surface area contributed by atoms with E-state index in [1.165, 1.54) is 6.42 Å². The number of aryl methyl sites for hydroxylation is 2. The van der Waals surface area contributed by atoms with Crippen molar-refractivity contribution < 1.29 is 4.42 Å². The van der Waals surface area contributed by atoms with Gasteiger partial charge in [0.1, 0.15) is 11.8 Å². The van der Waals surface area contributed by atoms with Gasteiger partial charge >= 0.3 is 0 Å². The number of tetrazole rings is 1. The van der Waals surface area contributed by atoms with Crippen molar-refractivity contribution >= 4 is 10.9 Å². The molecule has 0 saturated heterocycles. The topological polar surface area (TPSA) is 92.8 Å². The Labute approximate surface area is 227 Å². The highest BCUT2D eigenvalue weighted by Crippen LogP contribution is 2.35. The quantitative estimate of drug-likeness (QED) is 0.268. The molecule has 39 heavy (non-hydrogen) atoms. The molecule has 0 unspecified atom stereocenters. The van der Waals surface area contributed by atoms with Crippen molar-refractivity contribution in [2.45, 2.75) is 71.1 Å². The Balaban J connectivity index is 1.54. The third kappa shape index (κ3) is 5.29. The molecule has 6 rings (SSSR count). The van der Waals surface area contributed by atoms with Crippen LogP contribution in [0.5, 0.6) is 0 Å². The Morgan fingerprint density at radius 3 is 2.62 bits per heavy atom. The highest BCUT2D eigenvalue weighted by atomic mass is 16.3. The maximum atomic E-state index is 13.9. The van der Waals surface area contributed by atoms with Gasteiger partial charge in [-0.15, -0.1) is 5.10 Å². The largest absolute Gasteiger partial charge is 0.468 e. The van der Waals surface area contributed by atoms with Gasteiger partial charge in [-0.05, 0) is 78.1 Å². The molecule has 1 saturated carbocycles. The summed E-state index contributed by atoms with van der Waals surface area (Å²) in [6, 6.07) is 20.1. The van der Waals surface area contributed by atoms with Gasteiger partial charge in [0.15, 0.2) is 5.82 Å². The van der Waals surface area contributed by atoms with Crippen LogP contribution in [-0.4, -0.2) is 30.1 Å². The molecule has 1 aliphatic rings. The van der Waals surface area contributed by atoms with Gasteiger partial charge in [0.05, 0.1) is 18.8 Å². The van der Waals surface area contributed by atoms with Gasteiger partial charge in [0.25, 0.3) is 5.56 Å². The molecule has 0 bridgehead atoms. The molecule has 0 spiro atoms. The molecule has 8 heteroatoms. The van der Waals surface area contributed by atoms with Crippen molar-refractivity contribution in [1.29, 1.82) is 0 Å². The number of benzene rings is 2. The van der Waals surface area contributed by atoms with E-state index in [9.17, 15) is 4.79 Å². The number of nitrogens with one attached hydrogen (secondary N) is 1. The highest BCUT2D eigenvalue weighted by Gasteiger charge is 2.33. The number of furan rings is 1. The normalized spacial score (nSPS) is 15.3. The number of nitrogens with zero attached hydrogens (tertiary/aromatic N) is 5. The number of aromatic nitrogens is 5. The van der Waals surface area contributed by atoms with Gasteiger partial charge < -0.3 is 9.40 Å². The minimum absolute atomic E-state index is 0.131. The third-order valence-electron chi connectivity index (χ3n) is 7.85. The van der Waals surface area contributed by atoms with Crippen LogP contribution in [0.3, 0.4) is 0 Å². The van der Waals surface area contributed by atoms with Crippen molar-refractivity contribution in [1.82, 2.24) is 30.1 Å². The molecule has 1 fully saturated rings. The summed E-state index contributed by atoms with van der Waals surface area (Å²) in [7, 11) is 0. The Kier molecular flexibility index (Phi) is 7.11. The van der Waals surface area contributed by atoms with E-state index in [0.717, 1.165) is 59.0 Å². The minimum atomic E-state index is -0.485. The minimum Gasteiger partial charge on any atom is -0.468 e. The van der Waals surface area contributed by atoms with Gasteiger partial charge in [-0.1, -0.05) is 55.7 Å². The second-order valence-corrected chi connectivity index (χ2v) is 10.7. The van der Waals surface area contributed by atoms with Crippen LogP contribution < -0.4 is 5.56 Å². The predicted octanol–water partition coefficient (Wildman–Crippen LogP) is 6.02. The van der Waals surface area contributed by atoms with Crippen molar-refractivity contribution in [3.05, 3.63) is 111 Å². The van der Waals surface area contributed by atoms with E-state index in [2.05, 4.69) is 50.5 Å². The van der Waals surface area contributed by atoms with Gasteiger partial charge in [-0.25, -0.2) is 4.68 Å². The Hall–Kier alpha value is -4.04. The third-order valence-corrected chi connectivity index (χ3v) is 7.85. The Morgan fingerprint density at radius 1 is 1.03 bits per heavy atom. The molecule has 2 aromatic carbocycles. The summed E-state index contributed by atoms with van der Waals surface area (Å²) < 4.78 is 7.78. The first-order chi connectivity index (χ1) is 19.1. The summed E-state index contributed by atoms with van der Waals surface area (Å²) in [6.07, 6.45) is 7.31. The fourth-order valence-electron chi connectivity index (χ4n) is 6.02. The van der Waals surface area contributed by atoms with Gasteiger partial charge in [-0.2, -0.15) is 0 Å². The monoisotopic (exact) mass is 522 g/mol. The summed E-state index contributed by atoms with van der Waals surface area (Å²) in [5.41, 5.74) is 4.71. The van der Waals surface area contributed by atoms with Crippen LogP contribution in [0, 0.1) is 13.8 Å². The van der Waals surface area contributed by atoms with E-state index < -0.39 is 6.04 Å². The van der Waals surface area contributed by atoms with Gasteiger partial charge in [0, 0.05) is 23.0 Å². The van der Waals surface area contributed by atoms with Crippen molar-refractivity contribution in [2.24, 2.45) is 0 Å². The molecular formula is C31H34N6O2. The highest BCUT2D eigenvalue weighted by molar-refractivity contribution is 5.83.